The molecule has 98 valence electrons. The molecule has 2 rings (SSSR count). The maximum Gasteiger partial charge on any atom is 0.127 e. The first kappa shape index (κ1) is 13.8. The van der Waals surface area contributed by atoms with E-state index >= 15 is 0 Å². The van der Waals surface area contributed by atoms with E-state index in [0.717, 1.165) is 34.5 Å². The largest absolute Gasteiger partial charge is 0.380 e. The molecule has 1 aromatic heterocycles. The van der Waals surface area contributed by atoms with Gasteiger partial charge in [0, 0.05) is 17.6 Å². The molecule has 1 heterocycles. The van der Waals surface area contributed by atoms with Gasteiger partial charge < -0.3 is 9.30 Å². The van der Waals surface area contributed by atoms with Crippen molar-refractivity contribution in [3.05, 3.63) is 28.5 Å². The van der Waals surface area contributed by atoms with Crippen molar-refractivity contribution in [2.45, 2.75) is 25.8 Å². The summed E-state index contributed by atoms with van der Waals surface area (Å²) in [5, 5.41) is -0.113. The highest BCUT2D eigenvalue weighted by molar-refractivity contribution is 9.10. The summed E-state index contributed by atoms with van der Waals surface area (Å²) in [6.07, 6.45) is 0. The Hall–Kier alpha value is -0.580. The molecule has 0 aliphatic heterocycles. The van der Waals surface area contributed by atoms with E-state index in [0.29, 0.717) is 6.61 Å². The molecular formula is C13H16BrClN2O. The molecule has 0 amide bonds. The van der Waals surface area contributed by atoms with Gasteiger partial charge in [0.1, 0.15) is 5.82 Å². The Bertz CT molecular complexity index is 539. The Morgan fingerprint density at radius 2 is 2.28 bits per heavy atom. The van der Waals surface area contributed by atoms with Crippen LogP contribution in [0.25, 0.3) is 11.0 Å². The predicted molar refractivity (Wildman–Crippen MR) is 78.2 cm³/mol. The molecule has 0 spiro atoms. The highest BCUT2D eigenvalue weighted by Gasteiger charge is 2.14. The number of halogens is 2. The zero-order valence-corrected chi connectivity index (χ0v) is 12.8. The fourth-order valence-corrected chi connectivity index (χ4v) is 2.48. The fraction of sp³-hybridized carbons (Fsp3) is 0.462. The lowest BCUT2D eigenvalue weighted by atomic mass is 10.3. The lowest BCUT2D eigenvalue weighted by Crippen LogP contribution is -2.09. The van der Waals surface area contributed by atoms with Crippen molar-refractivity contribution in [3.8, 4) is 0 Å². The zero-order valence-electron chi connectivity index (χ0n) is 10.5. The summed E-state index contributed by atoms with van der Waals surface area (Å²) in [6, 6.07) is 6.08. The third-order valence-electron chi connectivity index (χ3n) is 2.76. The van der Waals surface area contributed by atoms with Crippen molar-refractivity contribution < 1.29 is 4.74 Å². The summed E-state index contributed by atoms with van der Waals surface area (Å²) in [6.45, 7) is 6.11. The van der Waals surface area contributed by atoms with Crippen LogP contribution in [0.5, 0.6) is 0 Å². The van der Waals surface area contributed by atoms with E-state index in [9.17, 15) is 0 Å². The van der Waals surface area contributed by atoms with Crippen LogP contribution in [0.3, 0.4) is 0 Å². The minimum Gasteiger partial charge on any atom is -0.380 e. The number of rotatable bonds is 5. The van der Waals surface area contributed by atoms with E-state index in [1.807, 2.05) is 26.0 Å². The minimum atomic E-state index is -0.113. The molecule has 0 saturated heterocycles. The van der Waals surface area contributed by atoms with Gasteiger partial charge in [-0.3, -0.25) is 0 Å². The second kappa shape index (κ2) is 6.04. The summed E-state index contributed by atoms with van der Waals surface area (Å²) in [4.78, 5) is 4.60. The molecule has 0 aliphatic rings. The molecule has 5 heteroatoms. The van der Waals surface area contributed by atoms with Gasteiger partial charge in [-0.2, -0.15) is 0 Å². The fourth-order valence-electron chi connectivity index (χ4n) is 1.96. The zero-order chi connectivity index (χ0) is 13.1. The Labute approximate surface area is 120 Å². The van der Waals surface area contributed by atoms with Gasteiger partial charge in [-0.25, -0.2) is 4.98 Å². The number of imidazole rings is 1. The van der Waals surface area contributed by atoms with Crippen LogP contribution in [0.1, 0.15) is 25.0 Å². The summed E-state index contributed by atoms with van der Waals surface area (Å²) in [7, 11) is 0. The van der Waals surface area contributed by atoms with E-state index in [-0.39, 0.29) is 5.38 Å². The normalized spacial score (nSPS) is 13.1. The molecular weight excluding hydrogens is 316 g/mol. The Balaban J connectivity index is 2.42. The van der Waals surface area contributed by atoms with E-state index in [1.165, 1.54) is 0 Å². The van der Waals surface area contributed by atoms with Crippen LogP contribution in [0.2, 0.25) is 0 Å². The molecule has 1 unspecified atom stereocenters. The van der Waals surface area contributed by atoms with Crippen LogP contribution in [0, 0.1) is 0 Å². The number of alkyl halides is 1. The Morgan fingerprint density at radius 3 is 2.94 bits per heavy atom. The van der Waals surface area contributed by atoms with Crippen molar-refractivity contribution in [2.24, 2.45) is 0 Å². The summed E-state index contributed by atoms with van der Waals surface area (Å²) in [5.74, 6) is 0.893. The SMILES string of the molecule is CCOCCn1c(C(C)Cl)nc2cc(Br)ccc21. The lowest BCUT2D eigenvalue weighted by molar-refractivity contribution is 0.139. The average Bonchev–Trinajstić information content (AvgIpc) is 2.68. The minimum absolute atomic E-state index is 0.113. The molecule has 0 N–H and O–H groups in total. The van der Waals surface area contributed by atoms with E-state index in [4.69, 9.17) is 16.3 Å². The second-order valence-corrected chi connectivity index (χ2v) is 5.64. The maximum atomic E-state index is 6.20. The van der Waals surface area contributed by atoms with Gasteiger partial charge in [0.05, 0.1) is 23.0 Å². The second-order valence-electron chi connectivity index (χ2n) is 4.07. The van der Waals surface area contributed by atoms with Gasteiger partial charge in [0.15, 0.2) is 0 Å². The van der Waals surface area contributed by atoms with Gasteiger partial charge in [-0.05, 0) is 32.0 Å². The summed E-state index contributed by atoms with van der Waals surface area (Å²) in [5.41, 5.74) is 2.06. The van der Waals surface area contributed by atoms with Gasteiger partial charge in [-0.1, -0.05) is 15.9 Å². The van der Waals surface area contributed by atoms with Crippen molar-refractivity contribution in [1.29, 1.82) is 0 Å². The number of aromatic nitrogens is 2. The Kier molecular flexibility index (Phi) is 4.65. The number of nitrogens with zero attached hydrogens (tertiary/aromatic N) is 2. The number of hydrogen-bond acceptors (Lipinski definition) is 2. The lowest BCUT2D eigenvalue weighted by Gasteiger charge is -2.10. The number of fused-ring (bicyclic) bond motifs is 1. The van der Waals surface area contributed by atoms with Gasteiger partial charge in [-0.15, -0.1) is 11.6 Å². The first-order chi connectivity index (χ1) is 8.63. The monoisotopic (exact) mass is 330 g/mol. The van der Waals surface area contributed by atoms with Gasteiger partial charge in [0.2, 0.25) is 0 Å². The molecule has 0 bridgehead atoms. The summed E-state index contributed by atoms with van der Waals surface area (Å²) < 4.78 is 8.57. The molecule has 0 fully saturated rings. The third-order valence-corrected chi connectivity index (χ3v) is 3.45. The molecule has 18 heavy (non-hydrogen) atoms. The molecule has 0 aliphatic carbocycles. The highest BCUT2D eigenvalue weighted by atomic mass is 79.9. The van der Waals surface area contributed by atoms with Crippen LogP contribution in [0.15, 0.2) is 22.7 Å². The highest BCUT2D eigenvalue weighted by Crippen LogP contribution is 2.26. The number of hydrogen-bond donors (Lipinski definition) is 0. The quantitative estimate of drug-likeness (QED) is 0.608. The standard InChI is InChI=1S/C13H16BrClN2O/c1-3-18-7-6-17-12-5-4-10(14)8-11(12)16-13(17)9(2)15/h4-5,8-9H,3,6-7H2,1-2H3. The Morgan fingerprint density at radius 1 is 1.50 bits per heavy atom. The van der Waals surface area contributed by atoms with Crippen LogP contribution >= 0.6 is 27.5 Å². The van der Waals surface area contributed by atoms with Crippen molar-refractivity contribution in [2.75, 3.05) is 13.2 Å². The predicted octanol–water partition coefficient (Wildman–Crippen LogP) is 4.14. The summed E-state index contributed by atoms with van der Waals surface area (Å²) >= 11 is 9.66. The van der Waals surface area contributed by atoms with Crippen LogP contribution in [-0.4, -0.2) is 22.8 Å². The topological polar surface area (TPSA) is 27.1 Å². The molecule has 0 saturated carbocycles. The molecule has 0 radical (unpaired) electrons. The van der Waals surface area contributed by atoms with E-state index in [2.05, 4.69) is 31.5 Å². The van der Waals surface area contributed by atoms with Crippen LogP contribution in [-0.2, 0) is 11.3 Å². The van der Waals surface area contributed by atoms with Crippen LogP contribution < -0.4 is 0 Å². The van der Waals surface area contributed by atoms with Crippen molar-refractivity contribution >= 4 is 38.6 Å². The first-order valence-electron chi connectivity index (χ1n) is 6.01. The molecule has 3 nitrogen and oxygen atoms in total. The van der Waals surface area contributed by atoms with Crippen LogP contribution in [0.4, 0.5) is 0 Å². The first-order valence-corrected chi connectivity index (χ1v) is 7.24. The van der Waals surface area contributed by atoms with Crippen molar-refractivity contribution in [3.63, 3.8) is 0 Å². The van der Waals surface area contributed by atoms with Crippen molar-refractivity contribution in [1.82, 2.24) is 9.55 Å². The van der Waals surface area contributed by atoms with Gasteiger partial charge in [0.25, 0.3) is 0 Å². The van der Waals surface area contributed by atoms with E-state index in [1.54, 1.807) is 0 Å². The molecule has 1 aromatic carbocycles. The average molecular weight is 332 g/mol. The molecule has 1 atom stereocenters. The molecule has 2 aromatic rings. The smallest absolute Gasteiger partial charge is 0.127 e. The third kappa shape index (κ3) is 2.87. The van der Waals surface area contributed by atoms with E-state index < -0.39 is 0 Å². The number of benzene rings is 1. The maximum absolute atomic E-state index is 6.20. The number of ether oxygens (including phenoxy) is 1. The van der Waals surface area contributed by atoms with Gasteiger partial charge >= 0.3 is 0 Å².